The highest BCUT2D eigenvalue weighted by Crippen LogP contribution is 2.48. The normalized spacial score (nSPS) is 17.7. The summed E-state index contributed by atoms with van der Waals surface area (Å²) >= 11 is 1.28. The van der Waals surface area contributed by atoms with Gasteiger partial charge in [-0.3, -0.25) is 19.8 Å². The topological polar surface area (TPSA) is 108 Å². The van der Waals surface area contributed by atoms with Crippen LogP contribution in [0, 0.1) is 10.1 Å². The summed E-state index contributed by atoms with van der Waals surface area (Å²) in [6.45, 7) is -0.00855. The summed E-state index contributed by atoms with van der Waals surface area (Å²) in [5.41, 5.74) is 1.07. The van der Waals surface area contributed by atoms with Crippen molar-refractivity contribution < 1.29 is 28.7 Å². The van der Waals surface area contributed by atoms with Crippen LogP contribution in [0.4, 0.5) is 11.4 Å². The lowest BCUT2D eigenvalue weighted by atomic mass is 10.1. The summed E-state index contributed by atoms with van der Waals surface area (Å²) in [5, 5.41) is 11.0. The molecule has 1 amide bonds. The monoisotopic (exact) mass is 402 g/mol. The van der Waals surface area contributed by atoms with E-state index in [4.69, 9.17) is 9.47 Å². The number of esters is 1. The highest BCUT2D eigenvalue weighted by atomic mass is 32.2. The fraction of sp³-hybridized carbons (Fsp3) is 0.222. The van der Waals surface area contributed by atoms with Crippen molar-refractivity contribution in [1.82, 2.24) is 0 Å². The van der Waals surface area contributed by atoms with E-state index in [0.29, 0.717) is 28.3 Å². The first-order valence-electron chi connectivity index (χ1n) is 8.19. The minimum atomic E-state index is -0.605. The van der Waals surface area contributed by atoms with Crippen LogP contribution in [0.15, 0.2) is 36.4 Å². The summed E-state index contributed by atoms with van der Waals surface area (Å²) in [6.07, 6.45) is 0. The molecule has 4 rings (SSSR count). The molecule has 0 radical (unpaired) electrons. The van der Waals surface area contributed by atoms with E-state index < -0.39 is 16.3 Å². The molecular weight excluding hydrogens is 388 g/mol. The molecule has 1 atom stereocenters. The molecule has 0 N–H and O–H groups in total. The summed E-state index contributed by atoms with van der Waals surface area (Å²) in [7, 11) is 1.28. The van der Waals surface area contributed by atoms with Crippen LogP contribution in [0.1, 0.15) is 21.3 Å². The summed E-state index contributed by atoms with van der Waals surface area (Å²) in [4.78, 5) is 36.7. The van der Waals surface area contributed by atoms with Crippen LogP contribution >= 0.6 is 11.8 Å². The Hall–Kier alpha value is -3.27. The van der Waals surface area contributed by atoms with Gasteiger partial charge in [0.05, 0.1) is 35.0 Å². The smallest absolute Gasteiger partial charge is 0.337 e. The van der Waals surface area contributed by atoms with Gasteiger partial charge in [0.1, 0.15) is 5.37 Å². The molecule has 144 valence electrons. The highest BCUT2D eigenvalue weighted by molar-refractivity contribution is 8.00. The maximum absolute atomic E-state index is 12.5. The second-order valence-corrected chi connectivity index (χ2v) is 7.06. The average molecular weight is 402 g/mol. The first kappa shape index (κ1) is 18.1. The van der Waals surface area contributed by atoms with Crippen molar-refractivity contribution in [2.75, 3.05) is 24.6 Å². The molecule has 2 aromatic rings. The number of methoxy groups -OCH3 is 1. The second-order valence-electron chi connectivity index (χ2n) is 5.99. The van der Waals surface area contributed by atoms with Gasteiger partial charge in [-0.2, -0.15) is 0 Å². The van der Waals surface area contributed by atoms with Crippen LogP contribution in [0.2, 0.25) is 0 Å². The number of rotatable bonds is 4. The molecule has 1 fully saturated rings. The van der Waals surface area contributed by atoms with Crippen LogP contribution < -0.4 is 14.4 Å². The van der Waals surface area contributed by atoms with Gasteiger partial charge in [0.2, 0.25) is 12.7 Å². The number of amides is 1. The number of benzene rings is 2. The molecule has 0 aliphatic carbocycles. The van der Waals surface area contributed by atoms with Gasteiger partial charge in [-0.05, 0) is 30.3 Å². The first-order chi connectivity index (χ1) is 13.5. The summed E-state index contributed by atoms with van der Waals surface area (Å²) in [6, 6.07) is 9.18. The molecule has 10 heteroatoms. The quantitative estimate of drug-likeness (QED) is 0.436. The number of hydrogen-bond donors (Lipinski definition) is 0. The predicted molar refractivity (Wildman–Crippen MR) is 99.7 cm³/mol. The Labute approximate surface area is 163 Å². The molecule has 0 spiro atoms. The number of nitro benzene ring substituents is 1. The Balaban J connectivity index is 1.75. The molecule has 0 bridgehead atoms. The molecular formula is C18H14N2O7S. The standard InChI is InChI=1S/C18H14N2O7S/c1-25-18(22)10-2-4-11(5-3-10)19-16(21)8-28-17(19)12-6-14-15(27-9-26-14)7-13(12)20(23)24/h2-7,17H,8-9H2,1H3/t17-/m1/s1. The van der Waals surface area contributed by atoms with Crippen LogP contribution in [0.3, 0.4) is 0 Å². The number of nitro groups is 1. The lowest BCUT2D eigenvalue weighted by Crippen LogP contribution is -2.28. The van der Waals surface area contributed by atoms with E-state index in [-0.39, 0.29) is 24.1 Å². The summed E-state index contributed by atoms with van der Waals surface area (Å²) < 4.78 is 15.2. The van der Waals surface area contributed by atoms with Crippen molar-refractivity contribution in [2.24, 2.45) is 0 Å². The summed E-state index contributed by atoms with van der Waals surface area (Å²) in [5.74, 6) is 0.208. The highest BCUT2D eigenvalue weighted by Gasteiger charge is 2.39. The Morgan fingerprint density at radius 3 is 2.57 bits per heavy atom. The van der Waals surface area contributed by atoms with E-state index in [1.165, 1.54) is 29.8 Å². The van der Waals surface area contributed by atoms with Gasteiger partial charge < -0.3 is 14.2 Å². The Kier molecular flexibility index (Phi) is 4.55. The third-order valence-corrected chi connectivity index (χ3v) is 5.61. The lowest BCUT2D eigenvalue weighted by molar-refractivity contribution is -0.385. The van der Waals surface area contributed by atoms with Crippen LogP contribution in [-0.2, 0) is 9.53 Å². The van der Waals surface area contributed by atoms with E-state index in [1.54, 1.807) is 30.3 Å². The third kappa shape index (κ3) is 3.01. The van der Waals surface area contributed by atoms with Gasteiger partial charge in [-0.25, -0.2) is 4.79 Å². The molecule has 1 saturated heterocycles. The molecule has 0 unspecified atom stereocenters. The number of thioether (sulfide) groups is 1. The van der Waals surface area contributed by atoms with Gasteiger partial charge in [0.25, 0.3) is 5.69 Å². The van der Waals surface area contributed by atoms with Gasteiger partial charge >= 0.3 is 5.97 Å². The van der Waals surface area contributed by atoms with Crippen molar-refractivity contribution in [3.8, 4) is 11.5 Å². The molecule has 2 aliphatic heterocycles. The molecule has 0 saturated carbocycles. The van der Waals surface area contributed by atoms with Crippen LogP contribution in [0.25, 0.3) is 0 Å². The zero-order valence-corrected chi connectivity index (χ0v) is 15.4. The number of fused-ring (bicyclic) bond motifs is 1. The van der Waals surface area contributed by atoms with Gasteiger partial charge in [-0.1, -0.05) is 0 Å². The van der Waals surface area contributed by atoms with E-state index in [2.05, 4.69) is 4.74 Å². The molecule has 2 heterocycles. The molecule has 2 aliphatic rings. The first-order valence-corrected chi connectivity index (χ1v) is 9.24. The SMILES string of the molecule is COC(=O)c1ccc(N2C(=O)CS[C@@H]2c2cc3c(cc2[N+](=O)[O-])OCO3)cc1. The van der Waals surface area contributed by atoms with Gasteiger partial charge in [0.15, 0.2) is 11.5 Å². The number of carbonyl (C=O) groups is 2. The maximum Gasteiger partial charge on any atom is 0.337 e. The Morgan fingerprint density at radius 1 is 1.25 bits per heavy atom. The zero-order chi connectivity index (χ0) is 19.8. The van der Waals surface area contributed by atoms with E-state index >= 15 is 0 Å². The number of nitrogens with zero attached hydrogens (tertiary/aromatic N) is 2. The second kappa shape index (κ2) is 7.04. The minimum Gasteiger partial charge on any atom is -0.465 e. The van der Waals surface area contributed by atoms with E-state index in [9.17, 15) is 19.7 Å². The molecule has 2 aromatic carbocycles. The zero-order valence-electron chi connectivity index (χ0n) is 14.6. The number of ether oxygens (including phenoxy) is 3. The molecule has 28 heavy (non-hydrogen) atoms. The average Bonchev–Trinajstić information content (AvgIpc) is 3.32. The fourth-order valence-corrected chi connectivity index (χ4v) is 4.31. The number of anilines is 1. The molecule has 0 aromatic heterocycles. The maximum atomic E-state index is 12.5. The minimum absolute atomic E-state index is 0.00855. The van der Waals surface area contributed by atoms with E-state index in [1.807, 2.05) is 0 Å². The van der Waals surface area contributed by atoms with Crippen molar-refractivity contribution >= 4 is 35.0 Å². The fourth-order valence-electron chi connectivity index (χ4n) is 3.11. The van der Waals surface area contributed by atoms with E-state index in [0.717, 1.165) is 0 Å². The number of carbonyl (C=O) groups excluding carboxylic acids is 2. The van der Waals surface area contributed by atoms with Gasteiger partial charge in [0, 0.05) is 5.69 Å². The Morgan fingerprint density at radius 2 is 1.93 bits per heavy atom. The van der Waals surface area contributed by atoms with Crippen LogP contribution in [0.5, 0.6) is 11.5 Å². The van der Waals surface area contributed by atoms with Crippen molar-refractivity contribution in [2.45, 2.75) is 5.37 Å². The largest absolute Gasteiger partial charge is 0.465 e. The van der Waals surface area contributed by atoms with Crippen molar-refractivity contribution in [3.63, 3.8) is 0 Å². The predicted octanol–water partition coefficient (Wildman–Crippen LogP) is 2.89. The lowest BCUT2D eigenvalue weighted by Gasteiger charge is -2.24. The third-order valence-electron chi connectivity index (χ3n) is 4.42. The van der Waals surface area contributed by atoms with Crippen LogP contribution in [-0.4, -0.2) is 36.5 Å². The van der Waals surface area contributed by atoms with Crippen molar-refractivity contribution in [1.29, 1.82) is 0 Å². The molecule has 9 nitrogen and oxygen atoms in total. The Bertz CT molecular complexity index is 977. The number of hydrogen-bond acceptors (Lipinski definition) is 8. The van der Waals surface area contributed by atoms with Gasteiger partial charge in [-0.15, -0.1) is 11.8 Å². The van der Waals surface area contributed by atoms with Crippen molar-refractivity contribution in [3.05, 3.63) is 57.6 Å².